The van der Waals surface area contributed by atoms with Gasteiger partial charge < -0.3 is 33.3 Å². The third-order valence-electron chi connectivity index (χ3n) is 6.67. The highest BCUT2D eigenvalue weighted by molar-refractivity contribution is 5.92. The maximum absolute atomic E-state index is 12.7. The normalized spacial score (nSPS) is 10.5. The topological polar surface area (TPSA) is 108 Å². The molecule has 0 aliphatic rings. The minimum Gasteiger partial charge on any atom is -0.494 e. The zero-order chi connectivity index (χ0) is 34.0. The zero-order valence-electron chi connectivity index (χ0n) is 27.0. The quantitative estimate of drug-likeness (QED) is 0.0128. The van der Waals surface area contributed by atoms with Gasteiger partial charge in [-0.05, 0) is 116 Å². The number of allylic oxidation sites excluding steroid dienone is 1. The lowest BCUT2D eigenvalue weighted by molar-refractivity contribution is -0.261. The first-order valence-corrected chi connectivity index (χ1v) is 15.6. The molecule has 0 bridgehead atoms. The van der Waals surface area contributed by atoms with Crippen LogP contribution in [0.25, 0.3) is 10.8 Å². The van der Waals surface area contributed by atoms with Crippen molar-refractivity contribution in [3.8, 4) is 28.7 Å². The number of ether oxygens (including phenoxy) is 6. The van der Waals surface area contributed by atoms with Crippen molar-refractivity contribution in [3.05, 3.63) is 115 Å². The summed E-state index contributed by atoms with van der Waals surface area (Å²) in [6, 6.07) is 25.1. The molecule has 0 saturated heterocycles. The molecule has 0 aromatic heterocycles. The largest absolute Gasteiger partial charge is 0.494 e. The van der Waals surface area contributed by atoms with Crippen molar-refractivity contribution in [1.29, 1.82) is 0 Å². The first-order chi connectivity index (χ1) is 23.4. The van der Waals surface area contributed by atoms with Crippen molar-refractivity contribution < 1.29 is 47.8 Å². The monoisotopic (exact) mass is 656 g/mol. The van der Waals surface area contributed by atoms with Crippen LogP contribution in [0.15, 0.2) is 110 Å². The molecule has 0 fully saturated rings. The predicted octanol–water partition coefficient (Wildman–Crippen LogP) is 8.00. The van der Waals surface area contributed by atoms with Crippen molar-refractivity contribution >= 4 is 22.7 Å². The molecule has 0 aliphatic heterocycles. The van der Waals surface area contributed by atoms with Crippen molar-refractivity contribution in [2.24, 2.45) is 0 Å². The molecule has 48 heavy (non-hydrogen) atoms. The number of hydrogen-bond donors (Lipinski definition) is 0. The van der Waals surface area contributed by atoms with E-state index in [1.165, 1.54) is 0 Å². The van der Waals surface area contributed by atoms with Gasteiger partial charge in [-0.25, -0.2) is 9.59 Å². The van der Waals surface area contributed by atoms with Crippen LogP contribution < -0.4 is 23.7 Å². The molecular weight excluding hydrogens is 616 g/mol. The molecule has 4 rings (SSSR count). The van der Waals surface area contributed by atoms with E-state index in [0.29, 0.717) is 67.2 Å². The van der Waals surface area contributed by atoms with E-state index in [1.807, 2.05) is 48.5 Å². The number of rotatable bonds is 21. The van der Waals surface area contributed by atoms with Crippen LogP contribution in [-0.4, -0.2) is 45.2 Å². The second kappa shape index (κ2) is 19.2. The molecule has 0 atom stereocenters. The zero-order valence-corrected chi connectivity index (χ0v) is 27.0. The third kappa shape index (κ3) is 12.4. The molecule has 4 aromatic rings. The summed E-state index contributed by atoms with van der Waals surface area (Å²) in [7, 11) is 0. The Morgan fingerprint density at radius 3 is 1.75 bits per heavy atom. The van der Waals surface area contributed by atoms with Gasteiger partial charge in [0.15, 0.2) is 0 Å². The fraction of sp³-hybridized carbons (Fsp3) is 0.263. The average molecular weight is 657 g/mol. The SMILES string of the molecule is C=CC(=O)OCCCCOc1ccc(C(=O)Oc2ccc3cc(OCOc4ccc(OCCCCOOC(=C)C)cc4)ccc3c2)cc1. The first-order valence-electron chi connectivity index (χ1n) is 15.6. The number of carbonyl (C=O) groups is 2. The smallest absolute Gasteiger partial charge is 0.343 e. The van der Waals surface area contributed by atoms with Crippen LogP contribution in [-0.2, 0) is 19.3 Å². The van der Waals surface area contributed by atoms with Crippen LogP contribution in [0, 0.1) is 0 Å². The average Bonchev–Trinajstić information content (AvgIpc) is 3.10. The molecule has 10 heteroatoms. The van der Waals surface area contributed by atoms with Gasteiger partial charge in [-0.1, -0.05) is 25.3 Å². The summed E-state index contributed by atoms with van der Waals surface area (Å²) in [5.41, 5.74) is 0.400. The highest BCUT2D eigenvalue weighted by Gasteiger charge is 2.10. The van der Waals surface area contributed by atoms with E-state index >= 15 is 0 Å². The number of fused-ring (bicyclic) bond motifs is 1. The number of unbranched alkanes of at least 4 members (excludes halogenated alkanes) is 2. The number of hydrogen-bond acceptors (Lipinski definition) is 10. The molecule has 0 saturated carbocycles. The summed E-state index contributed by atoms with van der Waals surface area (Å²) in [5, 5.41) is 1.81. The predicted molar refractivity (Wildman–Crippen MR) is 180 cm³/mol. The Kier molecular flexibility index (Phi) is 14.2. The van der Waals surface area contributed by atoms with E-state index in [4.69, 9.17) is 38.2 Å². The standard InChI is InChI=1S/C38H40O10/c1-4-37(39)43-23-6-5-21-41-32-13-9-29(10-14-32)38(40)47-36-16-12-30-25-35(15-11-31(30)26-36)45-27-44-34-19-17-33(18-20-34)42-22-7-8-24-46-48-28(2)3/h4,9-20,25-26H,1-2,5-8,21-24,27H2,3H3. The number of esters is 2. The number of benzene rings is 4. The van der Waals surface area contributed by atoms with E-state index in [-0.39, 0.29) is 6.79 Å². The minimum atomic E-state index is -0.475. The van der Waals surface area contributed by atoms with Crippen LogP contribution >= 0.6 is 0 Å². The van der Waals surface area contributed by atoms with Gasteiger partial charge in [0.05, 0.1) is 32.0 Å². The number of carbonyl (C=O) groups excluding carboxylic acids is 2. The van der Waals surface area contributed by atoms with Crippen LogP contribution in [0.4, 0.5) is 0 Å². The van der Waals surface area contributed by atoms with Crippen LogP contribution in [0.1, 0.15) is 43.0 Å². The van der Waals surface area contributed by atoms with E-state index in [9.17, 15) is 9.59 Å². The van der Waals surface area contributed by atoms with Gasteiger partial charge in [0.1, 0.15) is 34.5 Å². The Hall–Kier alpha value is -5.48. The third-order valence-corrected chi connectivity index (χ3v) is 6.67. The summed E-state index contributed by atoms with van der Waals surface area (Å²) in [6.07, 6.45) is 4.17. The Labute approximate surface area is 280 Å². The fourth-order valence-corrected chi connectivity index (χ4v) is 4.23. The van der Waals surface area contributed by atoms with Gasteiger partial charge in [0.25, 0.3) is 0 Å². The molecule has 0 spiro atoms. The Bertz CT molecular complexity index is 1630. The van der Waals surface area contributed by atoms with Crippen molar-refractivity contribution in [3.63, 3.8) is 0 Å². The van der Waals surface area contributed by atoms with E-state index in [2.05, 4.69) is 13.2 Å². The summed E-state index contributed by atoms with van der Waals surface area (Å²) in [6.45, 7) is 10.5. The second-order valence-corrected chi connectivity index (χ2v) is 10.6. The highest BCUT2D eigenvalue weighted by atomic mass is 17.2. The molecule has 0 radical (unpaired) electrons. The first kappa shape index (κ1) is 35.4. The van der Waals surface area contributed by atoms with Crippen LogP contribution in [0.5, 0.6) is 28.7 Å². The summed E-state index contributed by atoms with van der Waals surface area (Å²) >= 11 is 0. The van der Waals surface area contributed by atoms with Gasteiger partial charge in [0, 0.05) is 6.08 Å². The molecule has 0 N–H and O–H groups in total. The summed E-state index contributed by atoms with van der Waals surface area (Å²) < 4.78 is 33.5. The van der Waals surface area contributed by atoms with E-state index in [0.717, 1.165) is 41.9 Å². The molecule has 4 aromatic carbocycles. The lowest BCUT2D eigenvalue weighted by Crippen LogP contribution is -2.08. The lowest BCUT2D eigenvalue weighted by Gasteiger charge is -2.11. The molecule has 10 nitrogen and oxygen atoms in total. The molecule has 252 valence electrons. The van der Waals surface area contributed by atoms with Crippen molar-refractivity contribution in [2.75, 3.05) is 33.2 Å². The maximum atomic E-state index is 12.7. The fourth-order valence-electron chi connectivity index (χ4n) is 4.23. The minimum absolute atomic E-state index is 0.0325. The Morgan fingerprint density at radius 1 is 0.625 bits per heavy atom. The van der Waals surface area contributed by atoms with Gasteiger partial charge in [0.2, 0.25) is 6.79 Å². The van der Waals surface area contributed by atoms with Gasteiger partial charge >= 0.3 is 11.9 Å². The van der Waals surface area contributed by atoms with Gasteiger partial charge in [-0.3, -0.25) is 0 Å². The van der Waals surface area contributed by atoms with E-state index in [1.54, 1.807) is 43.3 Å². The molecule has 0 unspecified atom stereocenters. The summed E-state index contributed by atoms with van der Waals surface area (Å²) in [5.74, 6) is 2.72. The highest BCUT2D eigenvalue weighted by Crippen LogP contribution is 2.26. The van der Waals surface area contributed by atoms with Crippen molar-refractivity contribution in [1.82, 2.24) is 0 Å². The Morgan fingerprint density at radius 2 is 1.12 bits per heavy atom. The van der Waals surface area contributed by atoms with Crippen LogP contribution in [0.2, 0.25) is 0 Å². The van der Waals surface area contributed by atoms with E-state index < -0.39 is 11.9 Å². The molecule has 0 heterocycles. The molecule has 0 amide bonds. The molecular formula is C38H40O10. The van der Waals surface area contributed by atoms with Gasteiger partial charge in [-0.2, -0.15) is 4.89 Å². The Balaban J connectivity index is 1.16. The van der Waals surface area contributed by atoms with Gasteiger partial charge in [-0.15, -0.1) is 0 Å². The summed E-state index contributed by atoms with van der Waals surface area (Å²) in [4.78, 5) is 33.6. The maximum Gasteiger partial charge on any atom is 0.343 e. The van der Waals surface area contributed by atoms with Crippen molar-refractivity contribution in [2.45, 2.75) is 32.6 Å². The molecule has 0 aliphatic carbocycles. The van der Waals surface area contributed by atoms with Crippen LogP contribution in [0.3, 0.4) is 0 Å². The lowest BCUT2D eigenvalue weighted by atomic mass is 10.1. The second-order valence-electron chi connectivity index (χ2n) is 10.6.